The maximum Gasteiger partial charge on any atom is 0.253 e. The molecule has 0 bridgehead atoms. The van der Waals surface area contributed by atoms with Crippen molar-refractivity contribution in [3.8, 4) is 5.88 Å². The summed E-state index contributed by atoms with van der Waals surface area (Å²) in [5, 5.41) is 0. The smallest absolute Gasteiger partial charge is 0.253 e. The van der Waals surface area contributed by atoms with Gasteiger partial charge in [0.2, 0.25) is 5.88 Å². The Balaban J connectivity index is 1.68. The van der Waals surface area contributed by atoms with E-state index in [9.17, 15) is 4.79 Å². The maximum absolute atomic E-state index is 12.5. The Morgan fingerprint density at radius 1 is 1.48 bits per heavy atom. The number of imidazole rings is 1. The summed E-state index contributed by atoms with van der Waals surface area (Å²) in [6.45, 7) is 4.74. The number of fused-ring (bicyclic) bond motifs is 1. The average Bonchev–Trinajstić information content (AvgIpc) is 2.97. The molecule has 7 nitrogen and oxygen atoms in total. The number of aromatic nitrogens is 3. The number of nitrogens with zero attached hydrogens (tertiary/aromatic N) is 4. The predicted octanol–water partition coefficient (Wildman–Crippen LogP) is 1.63. The van der Waals surface area contributed by atoms with Gasteiger partial charge in [0.05, 0.1) is 6.54 Å². The Bertz CT molecular complexity index is 713. The van der Waals surface area contributed by atoms with Gasteiger partial charge in [0.15, 0.2) is 0 Å². The average molecular weight is 316 g/mol. The number of hydrogen-bond acceptors (Lipinski definition) is 5. The molecule has 7 heteroatoms. The van der Waals surface area contributed by atoms with Gasteiger partial charge in [-0.25, -0.2) is 9.97 Å². The molecule has 0 saturated carbocycles. The predicted molar refractivity (Wildman–Crippen MR) is 84.4 cm³/mol. The molecule has 0 spiro atoms. The second kappa shape index (κ2) is 6.37. The van der Waals surface area contributed by atoms with Crippen molar-refractivity contribution in [3.05, 3.63) is 36.0 Å². The Hall–Kier alpha value is -2.41. The van der Waals surface area contributed by atoms with Gasteiger partial charge >= 0.3 is 0 Å². The molecular formula is C16H20N4O3. The fourth-order valence-electron chi connectivity index (χ4n) is 2.58. The van der Waals surface area contributed by atoms with Crippen LogP contribution in [0.3, 0.4) is 0 Å². The molecule has 1 amide bonds. The van der Waals surface area contributed by atoms with Crippen molar-refractivity contribution >= 4 is 11.6 Å². The summed E-state index contributed by atoms with van der Waals surface area (Å²) in [7, 11) is 1.90. The molecule has 1 unspecified atom stereocenters. The van der Waals surface area contributed by atoms with Crippen LogP contribution in [0.25, 0.3) is 0 Å². The first kappa shape index (κ1) is 15.5. The summed E-state index contributed by atoms with van der Waals surface area (Å²) in [6, 6.07) is 1.90. The van der Waals surface area contributed by atoms with Gasteiger partial charge < -0.3 is 18.9 Å². The van der Waals surface area contributed by atoms with E-state index in [1.807, 2.05) is 37.7 Å². The summed E-state index contributed by atoms with van der Waals surface area (Å²) in [4.78, 5) is 22.7. The van der Waals surface area contributed by atoms with E-state index < -0.39 is 0 Å². The lowest BCUT2D eigenvalue weighted by Crippen LogP contribution is -2.40. The summed E-state index contributed by atoms with van der Waals surface area (Å²) in [6.07, 6.45) is 5.04. The Labute approximate surface area is 134 Å². The molecule has 1 aliphatic heterocycles. The summed E-state index contributed by atoms with van der Waals surface area (Å²) >= 11 is 0. The van der Waals surface area contributed by atoms with Crippen molar-refractivity contribution < 1.29 is 14.3 Å². The molecule has 122 valence electrons. The monoisotopic (exact) mass is 316 g/mol. The van der Waals surface area contributed by atoms with Crippen LogP contribution in [-0.2, 0) is 16.6 Å². The first-order valence-corrected chi connectivity index (χ1v) is 7.55. The van der Waals surface area contributed by atoms with Crippen molar-refractivity contribution in [1.82, 2.24) is 14.5 Å². The third kappa shape index (κ3) is 3.19. The number of ether oxygens (including phenoxy) is 2. The lowest BCUT2D eigenvalue weighted by molar-refractivity contribution is -0.125. The lowest BCUT2D eigenvalue weighted by Gasteiger charge is -2.29. The third-order valence-electron chi connectivity index (χ3n) is 3.79. The van der Waals surface area contributed by atoms with Gasteiger partial charge in [-0.05, 0) is 25.5 Å². The minimum absolute atomic E-state index is 0.0125. The topological polar surface area (TPSA) is 69.5 Å². The first-order chi connectivity index (χ1) is 11.1. The first-order valence-electron chi connectivity index (χ1n) is 7.55. The molecule has 2 aromatic rings. The number of amides is 1. The highest BCUT2D eigenvalue weighted by molar-refractivity contribution is 5.95. The van der Waals surface area contributed by atoms with Gasteiger partial charge in [-0.15, -0.1) is 0 Å². The van der Waals surface area contributed by atoms with Gasteiger partial charge in [-0.3, -0.25) is 4.79 Å². The summed E-state index contributed by atoms with van der Waals surface area (Å²) < 4.78 is 13.1. The van der Waals surface area contributed by atoms with Crippen molar-refractivity contribution in [2.75, 3.05) is 24.7 Å². The Kier molecular flexibility index (Phi) is 4.29. The molecule has 3 heterocycles. The van der Waals surface area contributed by atoms with E-state index in [-0.39, 0.29) is 18.6 Å². The van der Waals surface area contributed by atoms with Crippen molar-refractivity contribution in [2.45, 2.75) is 20.0 Å². The Morgan fingerprint density at radius 2 is 2.30 bits per heavy atom. The number of hydrogen-bond donors (Lipinski definition) is 0. The molecule has 0 aliphatic carbocycles. The van der Waals surface area contributed by atoms with Gasteiger partial charge in [-0.2, -0.15) is 0 Å². The van der Waals surface area contributed by atoms with E-state index in [4.69, 9.17) is 9.47 Å². The molecule has 0 radical (unpaired) electrons. The van der Waals surface area contributed by atoms with E-state index in [1.54, 1.807) is 17.3 Å². The molecule has 23 heavy (non-hydrogen) atoms. The zero-order valence-electron chi connectivity index (χ0n) is 13.5. The van der Waals surface area contributed by atoms with Crippen LogP contribution in [0.5, 0.6) is 5.88 Å². The largest absolute Gasteiger partial charge is 0.474 e. The highest BCUT2D eigenvalue weighted by Crippen LogP contribution is 2.30. The van der Waals surface area contributed by atoms with Crippen LogP contribution >= 0.6 is 0 Å². The summed E-state index contributed by atoms with van der Waals surface area (Å²) in [5.74, 6) is 1.17. The van der Waals surface area contributed by atoms with Crippen LogP contribution in [0.15, 0.2) is 24.7 Å². The van der Waals surface area contributed by atoms with Gasteiger partial charge in [0, 0.05) is 25.6 Å². The highest BCUT2D eigenvalue weighted by atomic mass is 16.5. The quantitative estimate of drug-likeness (QED) is 0.857. The maximum atomic E-state index is 12.5. The molecule has 2 aromatic heterocycles. The second-order valence-corrected chi connectivity index (χ2v) is 5.58. The zero-order chi connectivity index (χ0) is 16.4. The van der Waals surface area contributed by atoms with E-state index in [0.29, 0.717) is 24.7 Å². The molecule has 1 aliphatic rings. The van der Waals surface area contributed by atoms with E-state index >= 15 is 0 Å². The lowest BCUT2D eigenvalue weighted by atomic mass is 10.2. The molecule has 0 fully saturated rings. The van der Waals surface area contributed by atoms with Crippen molar-refractivity contribution in [2.24, 2.45) is 7.05 Å². The number of pyridine rings is 1. The Morgan fingerprint density at radius 3 is 3.04 bits per heavy atom. The number of carbonyl (C=O) groups excluding carboxylic acids is 1. The second-order valence-electron chi connectivity index (χ2n) is 5.58. The number of anilines is 1. The van der Waals surface area contributed by atoms with E-state index in [1.165, 1.54) is 0 Å². The fraction of sp³-hybridized carbons (Fsp3) is 0.438. The van der Waals surface area contributed by atoms with Crippen LogP contribution in [-0.4, -0.2) is 40.2 Å². The molecule has 3 rings (SSSR count). The molecule has 0 aromatic carbocycles. The number of carbonyl (C=O) groups is 1. The van der Waals surface area contributed by atoms with Gasteiger partial charge in [0.1, 0.15) is 30.8 Å². The number of aryl methyl sites for hydroxylation is 2. The van der Waals surface area contributed by atoms with Crippen LogP contribution < -0.4 is 9.64 Å². The standard InChI is InChI=1S/C16H20N4O3/c1-11-8-13-16(18-9-11)22-7-6-20(13)14(21)10-23-12(2)15-17-4-5-19(15)3/h4-5,8-9,12H,6-7,10H2,1-3H3. The SMILES string of the molecule is Cc1cnc2c(c1)N(C(=O)COC(C)c1nccn1C)CCO2. The minimum atomic E-state index is -0.255. The molecule has 1 atom stereocenters. The minimum Gasteiger partial charge on any atom is -0.474 e. The normalized spacial score (nSPS) is 15.0. The van der Waals surface area contributed by atoms with Crippen LogP contribution in [0.1, 0.15) is 24.4 Å². The fourth-order valence-corrected chi connectivity index (χ4v) is 2.58. The van der Waals surface area contributed by atoms with Crippen molar-refractivity contribution in [3.63, 3.8) is 0 Å². The number of rotatable bonds is 4. The van der Waals surface area contributed by atoms with Crippen molar-refractivity contribution in [1.29, 1.82) is 0 Å². The van der Waals surface area contributed by atoms with E-state index in [0.717, 1.165) is 11.4 Å². The summed E-state index contributed by atoms with van der Waals surface area (Å²) in [5.41, 5.74) is 1.68. The zero-order valence-corrected chi connectivity index (χ0v) is 13.5. The van der Waals surface area contributed by atoms with E-state index in [2.05, 4.69) is 9.97 Å². The van der Waals surface area contributed by atoms with Crippen LogP contribution in [0.4, 0.5) is 5.69 Å². The molecule has 0 N–H and O–H groups in total. The van der Waals surface area contributed by atoms with Crippen LogP contribution in [0.2, 0.25) is 0 Å². The molecule has 0 saturated heterocycles. The highest BCUT2D eigenvalue weighted by Gasteiger charge is 2.25. The molecular weight excluding hydrogens is 296 g/mol. The van der Waals surface area contributed by atoms with Crippen LogP contribution in [0, 0.1) is 6.92 Å². The van der Waals surface area contributed by atoms with Gasteiger partial charge in [0.25, 0.3) is 5.91 Å². The third-order valence-corrected chi connectivity index (χ3v) is 3.79. The van der Waals surface area contributed by atoms with Gasteiger partial charge in [-0.1, -0.05) is 0 Å².